The summed E-state index contributed by atoms with van der Waals surface area (Å²) in [6, 6.07) is 15.6. The lowest BCUT2D eigenvalue weighted by molar-refractivity contribution is 0.0703. The average molecular weight is 452 g/mol. The number of thiophene rings is 1. The molecule has 9 heteroatoms. The van der Waals surface area contributed by atoms with E-state index in [0.717, 1.165) is 11.3 Å². The molecule has 154 valence electrons. The van der Waals surface area contributed by atoms with Crippen LogP contribution < -0.4 is 14.5 Å². The number of pyridine rings is 1. The smallest absolute Gasteiger partial charge is 0.348 e. The van der Waals surface area contributed by atoms with Crippen molar-refractivity contribution in [1.82, 2.24) is 4.98 Å². The molecular weight excluding hydrogens is 438 g/mol. The summed E-state index contributed by atoms with van der Waals surface area (Å²) >= 11 is 7.51. The van der Waals surface area contributed by atoms with E-state index in [2.05, 4.69) is 4.98 Å². The van der Waals surface area contributed by atoms with Crippen LogP contribution in [0.5, 0.6) is 11.5 Å². The van der Waals surface area contributed by atoms with Crippen LogP contribution in [-0.4, -0.2) is 29.1 Å². The third-order valence-electron chi connectivity index (χ3n) is 4.94. The summed E-state index contributed by atoms with van der Waals surface area (Å²) in [7, 11) is 1.55. The quantitative estimate of drug-likeness (QED) is 0.402. The lowest BCUT2D eigenvalue weighted by Crippen LogP contribution is -2.41. The van der Waals surface area contributed by atoms with Crippen LogP contribution in [0.2, 0.25) is 5.02 Å². The Morgan fingerprint density at radius 2 is 1.94 bits per heavy atom. The fourth-order valence-electron chi connectivity index (χ4n) is 3.57. The molecule has 2 amide bonds. The summed E-state index contributed by atoms with van der Waals surface area (Å²) < 4.78 is 5.82. The number of anilines is 3. The highest BCUT2D eigenvalue weighted by Gasteiger charge is 2.36. The Balaban J connectivity index is 1.61. The maximum Gasteiger partial charge on any atom is 0.348 e. The molecular formula is C22H14ClN3O4S. The van der Waals surface area contributed by atoms with Gasteiger partial charge in [-0.2, -0.15) is 0 Å². The van der Waals surface area contributed by atoms with Crippen LogP contribution in [-0.2, 0) is 0 Å². The zero-order chi connectivity index (χ0) is 21.7. The first-order valence-corrected chi connectivity index (χ1v) is 10.4. The van der Waals surface area contributed by atoms with Crippen molar-refractivity contribution in [1.29, 1.82) is 0 Å². The second-order valence-electron chi connectivity index (χ2n) is 6.80. The zero-order valence-corrected chi connectivity index (χ0v) is 17.6. The minimum Gasteiger partial charge on any atom is -0.477 e. The van der Waals surface area contributed by atoms with E-state index < -0.39 is 12.0 Å². The SMILES string of the molecule is CN1C(=O)N(c2ccc(Oc3ccccc3)c(Cl)c2)c2ccnc3sc(C(=O)O)c1c23. The van der Waals surface area contributed by atoms with Crippen molar-refractivity contribution in [3.8, 4) is 11.5 Å². The van der Waals surface area contributed by atoms with Crippen molar-refractivity contribution in [3.63, 3.8) is 0 Å². The van der Waals surface area contributed by atoms with Gasteiger partial charge in [-0.05, 0) is 36.4 Å². The van der Waals surface area contributed by atoms with Gasteiger partial charge in [0.15, 0.2) is 0 Å². The third-order valence-corrected chi connectivity index (χ3v) is 6.31. The van der Waals surface area contributed by atoms with E-state index in [9.17, 15) is 14.7 Å². The number of nitrogens with zero attached hydrogens (tertiary/aromatic N) is 3. The minimum atomic E-state index is -1.09. The topological polar surface area (TPSA) is 83.0 Å². The molecule has 0 aliphatic carbocycles. The number of urea groups is 1. The number of aromatic carboxylic acids is 1. The molecule has 0 atom stereocenters. The van der Waals surface area contributed by atoms with E-state index in [1.54, 1.807) is 37.5 Å². The Morgan fingerprint density at radius 3 is 2.65 bits per heavy atom. The van der Waals surface area contributed by atoms with Gasteiger partial charge in [-0.1, -0.05) is 29.8 Å². The molecule has 0 saturated carbocycles. The molecule has 2 aromatic carbocycles. The van der Waals surface area contributed by atoms with Crippen molar-refractivity contribution in [2.45, 2.75) is 0 Å². The molecule has 2 aromatic heterocycles. The average Bonchev–Trinajstić information content (AvgIpc) is 3.16. The highest BCUT2D eigenvalue weighted by atomic mass is 35.5. The van der Waals surface area contributed by atoms with Gasteiger partial charge < -0.3 is 9.84 Å². The second-order valence-corrected chi connectivity index (χ2v) is 8.21. The van der Waals surface area contributed by atoms with Crippen LogP contribution in [0, 0.1) is 0 Å². The standard InChI is InChI=1S/C22H14ClN3O4S/c1-25-18-17-15(9-10-24-20(17)31-19(18)21(27)28)26(22(25)29)12-7-8-16(14(23)11-12)30-13-5-3-2-4-6-13/h2-11H,1H3,(H,27,28). The van der Waals surface area contributed by atoms with E-state index in [0.29, 0.717) is 43.8 Å². The molecule has 0 spiro atoms. The van der Waals surface area contributed by atoms with Gasteiger partial charge in [-0.15, -0.1) is 11.3 Å². The van der Waals surface area contributed by atoms with Gasteiger partial charge >= 0.3 is 12.0 Å². The van der Waals surface area contributed by atoms with Crippen LogP contribution in [0.3, 0.4) is 0 Å². The van der Waals surface area contributed by atoms with Gasteiger partial charge in [-0.3, -0.25) is 9.80 Å². The first kappa shape index (κ1) is 19.3. The highest BCUT2D eigenvalue weighted by Crippen LogP contribution is 2.48. The summed E-state index contributed by atoms with van der Waals surface area (Å²) in [4.78, 5) is 32.7. The second kappa shape index (κ2) is 7.26. The number of carbonyl (C=O) groups excluding carboxylic acids is 1. The molecule has 0 saturated heterocycles. The Kier molecular flexibility index (Phi) is 4.53. The lowest BCUT2D eigenvalue weighted by atomic mass is 10.1. The number of para-hydroxylation sites is 1. The van der Waals surface area contributed by atoms with Gasteiger partial charge in [-0.25, -0.2) is 14.6 Å². The maximum atomic E-state index is 13.3. The summed E-state index contributed by atoms with van der Waals surface area (Å²) in [5.74, 6) is 0.00656. The van der Waals surface area contributed by atoms with Crippen LogP contribution >= 0.6 is 22.9 Å². The molecule has 31 heavy (non-hydrogen) atoms. The third kappa shape index (κ3) is 3.08. The molecule has 5 rings (SSSR count). The fourth-order valence-corrected chi connectivity index (χ4v) is 4.81. The monoisotopic (exact) mass is 451 g/mol. The molecule has 1 aliphatic rings. The molecule has 3 heterocycles. The van der Waals surface area contributed by atoms with Crippen molar-refractivity contribution in [2.75, 3.05) is 16.8 Å². The summed E-state index contributed by atoms with van der Waals surface area (Å²) in [5, 5.41) is 10.5. The number of rotatable bonds is 4. The number of hydrogen-bond donors (Lipinski definition) is 1. The van der Waals surface area contributed by atoms with Crippen LogP contribution in [0.1, 0.15) is 9.67 Å². The highest BCUT2D eigenvalue weighted by molar-refractivity contribution is 7.21. The first-order chi connectivity index (χ1) is 15.0. The summed E-state index contributed by atoms with van der Waals surface area (Å²) in [6.45, 7) is 0. The van der Waals surface area contributed by atoms with Gasteiger partial charge in [0, 0.05) is 13.2 Å². The van der Waals surface area contributed by atoms with Gasteiger partial charge in [0.25, 0.3) is 0 Å². The Morgan fingerprint density at radius 1 is 1.16 bits per heavy atom. The molecule has 1 N–H and O–H groups in total. The van der Waals surface area contributed by atoms with Crippen molar-refractivity contribution >= 4 is 62.2 Å². The van der Waals surface area contributed by atoms with Crippen LogP contribution in [0.25, 0.3) is 10.2 Å². The summed E-state index contributed by atoms with van der Waals surface area (Å²) in [5.41, 5.74) is 1.44. The number of carbonyl (C=O) groups is 2. The van der Waals surface area contributed by atoms with Crippen LogP contribution in [0.4, 0.5) is 21.9 Å². The number of hydrogen-bond acceptors (Lipinski definition) is 5. The molecule has 0 unspecified atom stereocenters. The molecule has 0 bridgehead atoms. The Hall–Kier alpha value is -3.62. The molecule has 4 aromatic rings. The first-order valence-electron chi connectivity index (χ1n) is 9.21. The van der Waals surface area contributed by atoms with Gasteiger partial charge in [0.05, 0.1) is 27.5 Å². The lowest BCUT2D eigenvalue weighted by Gasteiger charge is -2.33. The Bertz CT molecular complexity index is 1360. The van der Waals surface area contributed by atoms with E-state index in [1.165, 1.54) is 9.80 Å². The van der Waals surface area contributed by atoms with E-state index >= 15 is 0 Å². The predicted octanol–water partition coefficient (Wildman–Crippen LogP) is 6.15. The molecule has 0 radical (unpaired) electrons. The normalized spacial score (nSPS) is 13.0. The van der Waals surface area contributed by atoms with Crippen LogP contribution in [0.15, 0.2) is 60.8 Å². The molecule has 1 aliphatic heterocycles. The predicted molar refractivity (Wildman–Crippen MR) is 120 cm³/mol. The number of benzene rings is 2. The van der Waals surface area contributed by atoms with Crippen molar-refractivity contribution in [2.24, 2.45) is 0 Å². The number of halogens is 1. The van der Waals surface area contributed by atoms with E-state index in [1.807, 2.05) is 30.3 Å². The number of ether oxygens (including phenoxy) is 1. The maximum absolute atomic E-state index is 13.3. The minimum absolute atomic E-state index is 0.0788. The van der Waals surface area contributed by atoms with Gasteiger partial charge in [0.1, 0.15) is 21.2 Å². The molecule has 7 nitrogen and oxygen atoms in total. The number of carboxylic acids is 1. The fraction of sp³-hybridized carbons (Fsp3) is 0.0455. The zero-order valence-electron chi connectivity index (χ0n) is 16.1. The Labute approximate surface area is 185 Å². The van der Waals surface area contributed by atoms with Gasteiger partial charge in [0.2, 0.25) is 0 Å². The molecule has 0 fully saturated rings. The number of carboxylic acid groups (broad SMARTS) is 1. The van der Waals surface area contributed by atoms with Crippen molar-refractivity contribution in [3.05, 3.63) is 70.7 Å². The largest absolute Gasteiger partial charge is 0.477 e. The van der Waals surface area contributed by atoms with E-state index in [4.69, 9.17) is 16.3 Å². The number of amides is 2. The van der Waals surface area contributed by atoms with E-state index in [-0.39, 0.29) is 4.88 Å². The summed E-state index contributed by atoms with van der Waals surface area (Å²) in [6.07, 6.45) is 1.56. The van der Waals surface area contributed by atoms with Crippen molar-refractivity contribution < 1.29 is 19.4 Å². The number of aromatic nitrogens is 1.